The maximum Gasteiger partial charge on any atom is 0.308 e. The molecule has 132 valence electrons. The molecule has 2 aromatic carbocycles. The van der Waals surface area contributed by atoms with Gasteiger partial charge in [-0.2, -0.15) is 0 Å². The fourth-order valence-electron chi connectivity index (χ4n) is 2.32. The van der Waals surface area contributed by atoms with Gasteiger partial charge in [-0.15, -0.1) is 0 Å². The van der Waals surface area contributed by atoms with Crippen LogP contribution < -0.4 is 10.1 Å². The maximum atomic E-state index is 12.4. The van der Waals surface area contributed by atoms with Crippen molar-refractivity contribution >= 4 is 29.4 Å². The quantitative estimate of drug-likeness (QED) is 0.660. The number of carbonyl (C=O) groups is 2. The third kappa shape index (κ3) is 3.55. The smallest absolute Gasteiger partial charge is 0.308 e. The number of rotatable bonds is 4. The van der Waals surface area contributed by atoms with Crippen LogP contribution in [0.5, 0.6) is 11.5 Å². The maximum absolute atomic E-state index is 12.4. The van der Waals surface area contributed by atoms with Gasteiger partial charge in [0, 0.05) is 18.1 Å². The summed E-state index contributed by atoms with van der Waals surface area (Å²) >= 11 is 6.13. The zero-order chi connectivity index (χ0) is 18.7. The number of benzene rings is 2. The molecule has 1 amide bonds. The fourth-order valence-corrected chi connectivity index (χ4v) is 2.54. The standard InChI is InChI=1S/C19H14ClNO5/c1-11(22)25-17-15(23)16(13-9-5-6-10-14(13)20)26-19(17)21-18(24)12-7-3-2-4-8-12/h2-10,23H,1H3,(H,21,24). The van der Waals surface area contributed by atoms with E-state index in [1.54, 1.807) is 54.6 Å². The number of anilines is 1. The topological polar surface area (TPSA) is 88.8 Å². The summed E-state index contributed by atoms with van der Waals surface area (Å²) in [6.45, 7) is 1.17. The van der Waals surface area contributed by atoms with Gasteiger partial charge in [-0.25, -0.2) is 0 Å². The second-order valence-electron chi connectivity index (χ2n) is 5.33. The lowest BCUT2D eigenvalue weighted by Crippen LogP contribution is -2.12. The van der Waals surface area contributed by atoms with Crippen LogP contribution in [-0.4, -0.2) is 17.0 Å². The van der Waals surface area contributed by atoms with Crippen molar-refractivity contribution in [3.8, 4) is 22.8 Å². The normalized spacial score (nSPS) is 10.4. The Hall–Kier alpha value is -3.25. The number of hydrogen-bond acceptors (Lipinski definition) is 5. The van der Waals surface area contributed by atoms with Crippen molar-refractivity contribution in [2.45, 2.75) is 6.92 Å². The van der Waals surface area contributed by atoms with E-state index in [2.05, 4.69) is 5.32 Å². The lowest BCUT2D eigenvalue weighted by atomic mass is 10.1. The lowest BCUT2D eigenvalue weighted by Gasteiger charge is -2.04. The van der Waals surface area contributed by atoms with Crippen molar-refractivity contribution in [3.63, 3.8) is 0 Å². The van der Waals surface area contributed by atoms with Gasteiger partial charge in [-0.1, -0.05) is 41.9 Å². The summed E-state index contributed by atoms with van der Waals surface area (Å²) in [4.78, 5) is 23.7. The predicted octanol–water partition coefficient (Wildman–Crippen LogP) is 4.48. The second-order valence-corrected chi connectivity index (χ2v) is 5.74. The highest BCUT2D eigenvalue weighted by molar-refractivity contribution is 6.33. The average molecular weight is 372 g/mol. The summed E-state index contributed by atoms with van der Waals surface area (Å²) in [6, 6.07) is 15.1. The van der Waals surface area contributed by atoms with Gasteiger partial charge in [-0.05, 0) is 24.3 Å². The number of hydrogen-bond donors (Lipinski definition) is 2. The molecule has 0 aliphatic carbocycles. The molecule has 0 saturated heterocycles. The molecular weight excluding hydrogens is 358 g/mol. The van der Waals surface area contributed by atoms with Gasteiger partial charge in [-0.3, -0.25) is 14.9 Å². The van der Waals surface area contributed by atoms with Crippen LogP contribution in [0.4, 0.5) is 5.88 Å². The monoisotopic (exact) mass is 371 g/mol. The van der Waals surface area contributed by atoms with Crippen molar-refractivity contribution in [1.29, 1.82) is 0 Å². The van der Waals surface area contributed by atoms with E-state index in [1.807, 2.05) is 0 Å². The molecule has 1 aromatic heterocycles. The summed E-state index contributed by atoms with van der Waals surface area (Å²) in [5, 5.41) is 13.3. The molecule has 0 radical (unpaired) electrons. The van der Waals surface area contributed by atoms with E-state index in [9.17, 15) is 14.7 Å². The van der Waals surface area contributed by atoms with E-state index >= 15 is 0 Å². The van der Waals surface area contributed by atoms with Gasteiger partial charge in [0.05, 0.1) is 5.02 Å². The van der Waals surface area contributed by atoms with Crippen molar-refractivity contribution in [3.05, 3.63) is 65.2 Å². The number of amides is 1. The Morgan fingerprint density at radius 2 is 1.73 bits per heavy atom. The number of esters is 1. The summed E-state index contributed by atoms with van der Waals surface area (Å²) in [5.74, 6) is -2.09. The van der Waals surface area contributed by atoms with E-state index < -0.39 is 17.6 Å². The molecule has 0 aliphatic heterocycles. The third-order valence-corrected chi connectivity index (χ3v) is 3.80. The number of halogens is 1. The molecule has 0 atom stereocenters. The Morgan fingerprint density at radius 3 is 2.38 bits per heavy atom. The fraction of sp³-hybridized carbons (Fsp3) is 0.0526. The van der Waals surface area contributed by atoms with Crippen molar-refractivity contribution in [1.82, 2.24) is 0 Å². The SMILES string of the molecule is CC(=O)Oc1c(NC(=O)c2ccccc2)oc(-c2ccccc2Cl)c1O. The number of aromatic hydroxyl groups is 1. The first-order valence-corrected chi connectivity index (χ1v) is 8.00. The number of nitrogens with one attached hydrogen (secondary N) is 1. The van der Waals surface area contributed by atoms with Crippen molar-refractivity contribution < 1.29 is 23.8 Å². The first-order chi connectivity index (χ1) is 12.5. The number of ether oxygens (including phenoxy) is 1. The van der Waals surface area contributed by atoms with Crippen LogP contribution in [0, 0.1) is 0 Å². The van der Waals surface area contributed by atoms with Crippen LogP contribution in [0.1, 0.15) is 17.3 Å². The molecule has 0 aliphatic rings. The lowest BCUT2D eigenvalue weighted by molar-refractivity contribution is -0.132. The van der Waals surface area contributed by atoms with Crippen LogP contribution in [0.25, 0.3) is 11.3 Å². The van der Waals surface area contributed by atoms with Gasteiger partial charge in [0.15, 0.2) is 5.76 Å². The van der Waals surface area contributed by atoms with E-state index in [4.69, 9.17) is 20.8 Å². The van der Waals surface area contributed by atoms with Gasteiger partial charge >= 0.3 is 5.97 Å². The van der Waals surface area contributed by atoms with E-state index in [1.165, 1.54) is 6.92 Å². The van der Waals surface area contributed by atoms with Crippen molar-refractivity contribution in [2.24, 2.45) is 0 Å². The summed E-state index contributed by atoms with van der Waals surface area (Å²) in [6.07, 6.45) is 0. The molecule has 26 heavy (non-hydrogen) atoms. The molecule has 0 fully saturated rings. The minimum atomic E-state index is -0.679. The highest BCUT2D eigenvalue weighted by atomic mass is 35.5. The molecule has 0 spiro atoms. The third-order valence-electron chi connectivity index (χ3n) is 3.47. The van der Waals surface area contributed by atoms with Gasteiger partial charge in [0.2, 0.25) is 17.4 Å². The zero-order valence-corrected chi connectivity index (χ0v) is 14.4. The van der Waals surface area contributed by atoms with Crippen LogP contribution in [-0.2, 0) is 4.79 Å². The highest BCUT2D eigenvalue weighted by Gasteiger charge is 2.26. The minimum Gasteiger partial charge on any atom is -0.502 e. The van der Waals surface area contributed by atoms with Crippen LogP contribution in [0.3, 0.4) is 0 Å². The first kappa shape index (κ1) is 17.6. The molecule has 3 aromatic rings. The predicted molar refractivity (Wildman–Crippen MR) is 96.5 cm³/mol. The van der Waals surface area contributed by atoms with Gasteiger partial charge in [0.1, 0.15) is 0 Å². The summed E-state index contributed by atoms with van der Waals surface area (Å²) in [7, 11) is 0. The summed E-state index contributed by atoms with van der Waals surface area (Å²) < 4.78 is 10.6. The van der Waals surface area contributed by atoms with Crippen LogP contribution in [0.2, 0.25) is 5.02 Å². The molecular formula is C19H14ClNO5. The van der Waals surface area contributed by atoms with E-state index in [0.717, 1.165) is 0 Å². The average Bonchev–Trinajstić information content (AvgIpc) is 2.92. The molecule has 1 heterocycles. The zero-order valence-electron chi connectivity index (χ0n) is 13.7. The Bertz CT molecular complexity index is 965. The molecule has 3 rings (SSSR count). The minimum absolute atomic E-state index is 0.0183. The molecule has 7 heteroatoms. The van der Waals surface area contributed by atoms with E-state index in [0.29, 0.717) is 16.1 Å². The Balaban J connectivity index is 2.04. The molecule has 0 saturated carbocycles. The highest BCUT2D eigenvalue weighted by Crippen LogP contribution is 2.47. The second kappa shape index (κ2) is 7.33. The Labute approximate surface area is 154 Å². The molecule has 6 nitrogen and oxygen atoms in total. The Morgan fingerprint density at radius 1 is 1.08 bits per heavy atom. The number of furan rings is 1. The molecule has 0 bridgehead atoms. The largest absolute Gasteiger partial charge is 0.502 e. The summed E-state index contributed by atoms with van der Waals surface area (Å²) in [5.41, 5.74) is 0.761. The Kier molecular flexibility index (Phi) is 4.95. The van der Waals surface area contributed by atoms with Crippen LogP contribution >= 0.6 is 11.6 Å². The molecule has 2 N–H and O–H groups in total. The van der Waals surface area contributed by atoms with E-state index in [-0.39, 0.29) is 17.4 Å². The first-order valence-electron chi connectivity index (χ1n) is 7.63. The van der Waals surface area contributed by atoms with Crippen molar-refractivity contribution in [2.75, 3.05) is 5.32 Å². The van der Waals surface area contributed by atoms with Gasteiger partial charge in [0.25, 0.3) is 5.91 Å². The van der Waals surface area contributed by atoms with Crippen LogP contribution in [0.15, 0.2) is 59.0 Å². The van der Waals surface area contributed by atoms with Gasteiger partial charge < -0.3 is 14.3 Å². The molecule has 0 unspecified atom stereocenters. The number of carbonyl (C=O) groups excluding carboxylic acids is 2.